The van der Waals surface area contributed by atoms with E-state index >= 15 is 0 Å². The van der Waals surface area contributed by atoms with E-state index in [1.807, 2.05) is 18.2 Å². The third kappa shape index (κ3) is 9.48. The van der Waals surface area contributed by atoms with Gasteiger partial charge in [0.25, 0.3) is 20.2 Å². The van der Waals surface area contributed by atoms with Crippen LogP contribution in [0, 0.1) is 18.3 Å². The molecule has 1 amide bonds. The average molecular weight is 809 g/mol. The first-order valence-electron chi connectivity index (χ1n) is 16.1. The normalized spacial score (nSPS) is 11.8. The van der Waals surface area contributed by atoms with Crippen LogP contribution in [0.1, 0.15) is 18.1 Å². The largest absolute Gasteiger partial charge is 0.339 e. The van der Waals surface area contributed by atoms with E-state index in [0.29, 0.717) is 44.6 Å². The number of anilines is 5. The lowest BCUT2D eigenvalue weighted by Crippen LogP contribution is -2.05. The minimum Gasteiger partial charge on any atom is -0.339 e. The monoisotopic (exact) mass is 808 g/mol. The molecule has 2 aromatic heterocycles. The molecule has 0 spiro atoms. The van der Waals surface area contributed by atoms with Gasteiger partial charge in [-0.2, -0.15) is 22.1 Å². The van der Waals surface area contributed by atoms with Crippen LogP contribution in [0.15, 0.2) is 133 Å². The van der Waals surface area contributed by atoms with E-state index in [0.717, 1.165) is 11.3 Å². The number of nitriles is 1. The molecule has 0 aliphatic rings. The van der Waals surface area contributed by atoms with Gasteiger partial charge in [0.2, 0.25) is 11.0 Å². The molecule has 0 radical (unpaired) electrons. The van der Waals surface area contributed by atoms with Crippen LogP contribution >= 0.6 is 11.3 Å². The quantitative estimate of drug-likeness (QED) is 0.0572. The number of amides is 1. The highest BCUT2D eigenvalue weighted by atomic mass is 32.2. The Morgan fingerprint density at radius 1 is 0.714 bits per heavy atom. The van der Waals surface area contributed by atoms with Crippen molar-refractivity contribution in [2.45, 2.75) is 23.6 Å². The van der Waals surface area contributed by atoms with Gasteiger partial charge in [-0.25, -0.2) is 9.97 Å². The number of carbonyl (C=O) groups excluding carboxylic acids is 1. The first-order valence-corrected chi connectivity index (χ1v) is 19.8. The second-order valence-corrected chi connectivity index (χ2v) is 15.5. The zero-order chi connectivity index (χ0) is 40.0. The van der Waals surface area contributed by atoms with Crippen molar-refractivity contribution < 1.29 is 30.7 Å². The lowest BCUT2D eigenvalue weighted by atomic mass is 10.1. The Balaban J connectivity index is 1.43. The molecule has 0 saturated heterocycles. The number of hydrogen-bond donors (Lipinski definition) is 5. The van der Waals surface area contributed by atoms with E-state index in [9.17, 15) is 36.0 Å². The molecule has 0 atom stereocenters. The Hall–Kier alpha value is -6.76. The van der Waals surface area contributed by atoms with Crippen LogP contribution in [0.4, 0.5) is 50.2 Å². The molecule has 0 fully saturated rings. The number of nitrogens with zero attached hydrogens (tertiary/aromatic N) is 7. The summed E-state index contributed by atoms with van der Waals surface area (Å²) in [5.74, 6) is -0.113. The number of benzene rings is 4. The number of carbonyl (C=O) groups is 1. The number of hydrogen-bond acceptors (Lipinski definition) is 15. The molecule has 56 heavy (non-hydrogen) atoms. The summed E-state index contributed by atoms with van der Waals surface area (Å²) in [5.41, 5.74) is 3.41. The zero-order valence-corrected chi connectivity index (χ0v) is 31.6. The van der Waals surface area contributed by atoms with Crippen molar-refractivity contribution in [2.75, 3.05) is 16.0 Å². The van der Waals surface area contributed by atoms with E-state index in [1.165, 1.54) is 55.5 Å². The number of azo groups is 2. The van der Waals surface area contributed by atoms with Gasteiger partial charge in [-0.05, 0) is 79.7 Å². The number of pyridine rings is 1. The number of aromatic nitrogens is 2. The molecule has 282 valence electrons. The molecule has 20 heteroatoms. The Kier molecular flexibility index (Phi) is 11.3. The summed E-state index contributed by atoms with van der Waals surface area (Å²) in [5, 5.41) is 37.2. The fraction of sp³-hybridized carbons (Fsp3) is 0.0556. The molecule has 5 N–H and O–H groups in total. The molecule has 6 rings (SSSR count). The van der Waals surface area contributed by atoms with Crippen LogP contribution in [-0.2, 0) is 25.0 Å². The van der Waals surface area contributed by atoms with Crippen molar-refractivity contribution in [2.24, 2.45) is 20.5 Å². The highest BCUT2D eigenvalue weighted by molar-refractivity contribution is 7.86. The Morgan fingerprint density at radius 2 is 1.27 bits per heavy atom. The predicted molar refractivity (Wildman–Crippen MR) is 209 cm³/mol. The van der Waals surface area contributed by atoms with E-state index in [4.69, 9.17) is 0 Å². The second-order valence-electron chi connectivity index (χ2n) is 11.7. The molecule has 0 aliphatic heterocycles. The maximum atomic E-state index is 11.6. The van der Waals surface area contributed by atoms with E-state index in [1.54, 1.807) is 43.3 Å². The smallest absolute Gasteiger partial charge is 0.294 e. The van der Waals surface area contributed by atoms with Gasteiger partial charge in [-0.15, -0.1) is 20.5 Å². The Morgan fingerprint density at radius 3 is 1.80 bits per heavy atom. The van der Waals surface area contributed by atoms with Crippen LogP contribution in [0.2, 0.25) is 0 Å². The number of thiazole rings is 1. The molecule has 0 saturated carbocycles. The van der Waals surface area contributed by atoms with Crippen molar-refractivity contribution in [3.63, 3.8) is 0 Å². The molecule has 2 heterocycles. The Bertz CT molecular complexity index is 2750. The SMILES string of the molecule is CC(=O)Nc1ccc(-c2nc(N=Nc3c(Nc4ccc(S(=O)(=O)O)cc4)nc(Nc4ccc(S(=O)(=O)O)cc4)c(C#N)c3C)sc2N=Nc2ccccc2)cc1. The van der Waals surface area contributed by atoms with Gasteiger partial charge >= 0.3 is 0 Å². The lowest BCUT2D eigenvalue weighted by Gasteiger charge is -2.16. The molecule has 4 aromatic carbocycles. The predicted octanol–water partition coefficient (Wildman–Crippen LogP) is 9.15. The van der Waals surface area contributed by atoms with E-state index in [-0.39, 0.29) is 43.7 Å². The number of rotatable bonds is 12. The Labute approximate surface area is 324 Å². The van der Waals surface area contributed by atoms with Crippen molar-refractivity contribution in [1.82, 2.24) is 9.97 Å². The van der Waals surface area contributed by atoms with Gasteiger partial charge in [0.1, 0.15) is 17.5 Å². The fourth-order valence-electron chi connectivity index (χ4n) is 5.03. The summed E-state index contributed by atoms with van der Waals surface area (Å²) >= 11 is 1.08. The summed E-state index contributed by atoms with van der Waals surface area (Å²) < 4.78 is 65.2. The maximum Gasteiger partial charge on any atom is 0.294 e. The highest BCUT2D eigenvalue weighted by Crippen LogP contribution is 2.43. The third-order valence-electron chi connectivity index (χ3n) is 7.68. The van der Waals surface area contributed by atoms with Crippen LogP contribution < -0.4 is 16.0 Å². The minimum absolute atomic E-state index is 0.0449. The van der Waals surface area contributed by atoms with Crippen LogP contribution in [0.5, 0.6) is 0 Å². The summed E-state index contributed by atoms with van der Waals surface area (Å²) in [7, 11) is -8.92. The molecular weight excluding hydrogens is 781 g/mol. The van der Waals surface area contributed by atoms with Crippen molar-refractivity contribution in [1.29, 1.82) is 5.26 Å². The molecular formula is C36H28N10O7S3. The van der Waals surface area contributed by atoms with Crippen molar-refractivity contribution in [3.05, 3.63) is 114 Å². The van der Waals surface area contributed by atoms with Crippen LogP contribution in [0.3, 0.4) is 0 Å². The van der Waals surface area contributed by atoms with Crippen LogP contribution in [0.25, 0.3) is 11.3 Å². The maximum absolute atomic E-state index is 11.6. The van der Waals surface area contributed by atoms with Gasteiger partial charge in [0.15, 0.2) is 16.6 Å². The minimum atomic E-state index is -4.47. The lowest BCUT2D eigenvalue weighted by molar-refractivity contribution is -0.114. The van der Waals surface area contributed by atoms with Gasteiger partial charge < -0.3 is 16.0 Å². The summed E-state index contributed by atoms with van der Waals surface area (Å²) in [6.45, 7) is 3.01. The molecule has 0 aliphatic carbocycles. The summed E-state index contributed by atoms with van der Waals surface area (Å²) in [4.78, 5) is 20.1. The summed E-state index contributed by atoms with van der Waals surface area (Å²) in [6.07, 6.45) is 0. The first-order chi connectivity index (χ1) is 26.7. The third-order valence-corrected chi connectivity index (χ3v) is 10.2. The molecule has 6 aromatic rings. The van der Waals surface area contributed by atoms with Gasteiger partial charge in [0, 0.05) is 35.1 Å². The number of nitrogens with one attached hydrogen (secondary N) is 3. The molecule has 0 bridgehead atoms. The fourth-order valence-corrected chi connectivity index (χ4v) is 6.72. The zero-order valence-electron chi connectivity index (χ0n) is 29.1. The molecule has 0 unspecified atom stereocenters. The summed E-state index contributed by atoms with van der Waals surface area (Å²) in [6, 6.07) is 28.3. The van der Waals surface area contributed by atoms with Gasteiger partial charge in [-0.3, -0.25) is 13.9 Å². The van der Waals surface area contributed by atoms with Crippen LogP contribution in [-0.4, -0.2) is 41.8 Å². The topological polar surface area (TPSA) is 261 Å². The van der Waals surface area contributed by atoms with E-state index in [2.05, 4.69) is 52.4 Å². The standard InChI is InChI=1S/C36H28N10O7S3/c1-21-30(20-37)33(39-25-12-16-28(17-13-25)55(48,49)50)42-34(40-26-14-18-29(19-15-26)56(51,52)53)31(21)44-46-36-41-32(23-8-10-24(11-9-23)38-22(2)47)35(54-36)45-43-27-6-4-3-5-7-27/h3-19H,1-2H3,(H,38,47)(H2,39,40,42)(H,48,49,50)(H,51,52,53). The molecule has 17 nitrogen and oxygen atoms in total. The van der Waals surface area contributed by atoms with Gasteiger partial charge in [0.05, 0.1) is 21.0 Å². The van der Waals surface area contributed by atoms with Crippen molar-refractivity contribution >= 4 is 87.7 Å². The van der Waals surface area contributed by atoms with E-state index < -0.39 is 20.2 Å². The first kappa shape index (κ1) is 38.9. The second kappa shape index (κ2) is 16.3. The average Bonchev–Trinajstić information content (AvgIpc) is 3.57. The van der Waals surface area contributed by atoms with Crippen molar-refractivity contribution in [3.8, 4) is 17.3 Å². The van der Waals surface area contributed by atoms with Gasteiger partial charge in [-0.1, -0.05) is 41.7 Å². The highest BCUT2D eigenvalue weighted by Gasteiger charge is 2.20.